The number of piperazine rings is 1. The van der Waals surface area contributed by atoms with E-state index in [1.54, 1.807) is 0 Å². The Balaban J connectivity index is 2.32. The summed E-state index contributed by atoms with van der Waals surface area (Å²) in [5.74, 6) is 5.12. The predicted octanol–water partition coefficient (Wildman–Crippen LogP) is -1.01. The number of nitrogens with zero attached hydrogens (tertiary/aromatic N) is 3. The molecule has 90 valence electrons. The summed E-state index contributed by atoms with van der Waals surface area (Å²) in [7, 11) is 0. The van der Waals surface area contributed by atoms with Crippen molar-refractivity contribution in [2.24, 2.45) is 5.84 Å². The van der Waals surface area contributed by atoms with Crippen molar-refractivity contribution in [1.29, 1.82) is 0 Å². The van der Waals surface area contributed by atoms with Crippen molar-refractivity contribution < 1.29 is 9.59 Å². The molecule has 1 aromatic heterocycles. The average Bonchev–Trinajstić information content (AvgIpc) is 2.28. The number of hydrazine groups is 1. The number of carbonyl (C=O) groups excluding carboxylic acids is 2. The van der Waals surface area contributed by atoms with Gasteiger partial charge in [0.1, 0.15) is 5.82 Å². The summed E-state index contributed by atoms with van der Waals surface area (Å²) >= 11 is 3.26. The Bertz CT molecular complexity index is 463. The minimum Gasteiger partial charge on any atom is -0.337 e. The van der Waals surface area contributed by atoms with Crippen LogP contribution in [0.2, 0.25) is 0 Å². The third-order valence-corrected chi connectivity index (χ3v) is 2.66. The van der Waals surface area contributed by atoms with Crippen molar-refractivity contribution in [3.8, 4) is 0 Å². The van der Waals surface area contributed by atoms with E-state index in [0.717, 1.165) is 0 Å². The summed E-state index contributed by atoms with van der Waals surface area (Å²) in [6.07, 6.45) is 1.49. The van der Waals surface area contributed by atoms with Gasteiger partial charge in [-0.15, -0.1) is 0 Å². The van der Waals surface area contributed by atoms with Crippen LogP contribution in [0.4, 0.5) is 11.8 Å². The van der Waals surface area contributed by atoms with Crippen molar-refractivity contribution in [3.63, 3.8) is 0 Å². The van der Waals surface area contributed by atoms with Gasteiger partial charge in [-0.05, 0) is 15.9 Å². The molecule has 2 heterocycles. The van der Waals surface area contributed by atoms with Gasteiger partial charge in [-0.2, -0.15) is 4.98 Å². The summed E-state index contributed by atoms with van der Waals surface area (Å²) in [6.45, 7) is 0.122. The van der Waals surface area contributed by atoms with E-state index >= 15 is 0 Å². The summed E-state index contributed by atoms with van der Waals surface area (Å²) in [6, 6.07) is 0. The van der Waals surface area contributed by atoms with E-state index in [4.69, 9.17) is 5.84 Å². The molecule has 9 heteroatoms. The fraction of sp³-hybridized carbons (Fsp3) is 0.250. The van der Waals surface area contributed by atoms with Crippen LogP contribution in [0.25, 0.3) is 0 Å². The SMILES string of the molecule is NNc1ncc(Br)c(N2CC(=O)NC(=O)C2)n1. The quantitative estimate of drug-likeness (QED) is 0.364. The molecule has 0 unspecified atom stereocenters. The van der Waals surface area contributed by atoms with Crippen LogP contribution in [0, 0.1) is 0 Å². The van der Waals surface area contributed by atoms with Gasteiger partial charge in [0.05, 0.1) is 17.6 Å². The van der Waals surface area contributed by atoms with Gasteiger partial charge in [-0.1, -0.05) is 0 Å². The Morgan fingerprint density at radius 3 is 2.65 bits per heavy atom. The molecule has 0 radical (unpaired) electrons. The van der Waals surface area contributed by atoms with Crippen LogP contribution in [0.1, 0.15) is 0 Å². The average molecular weight is 301 g/mol. The van der Waals surface area contributed by atoms with Gasteiger partial charge in [-0.25, -0.2) is 10.8 Å². The molecule has 17 heavy (non-hydrogen) atoms. The topological polar surface area (TPSA) is 113 Å². The smallest absolute Gasteiger partial charge is 0.246 e. The van der Waals surface area contributed by atoms with Crippen molar-refractivity contribution in [2.75, 3.05) is 23.4 Å². The monoisotopic (exact) mass is 300 g/mol. The number of nitrogens with two attached hydrogens (primary N) is 1. The Morgan fingerprint density at radius 1 is 1.41 bits per heavy atom. The number of aromatic nitrogens is 2. The van der Waals surface area contributed by atoms with Crippen molar-refractivity contribution in [1.82, 2.24) is 15.3 Å². The molecule has 2 amide bonds. The lowest BCUT2D eigenvalue weighted by atomic mass is 10.3. The zero-order chi connectivity index (χ0) is 12.4. The Hall–Kier alpha value is -1.74. The zero-order valence-electron chi connectivity index (χ0n) is 8.61. The first-order chi connectivity index (χ1) is 8.10. The molecule has 2 rings (SSSR count). The lowest BCUT2D eigenvalue weighted by molar-refractivity contribution is -0.130. The van der Waals surface area contributed by atoms with Crippen LogP contribution < -0.4 is 21.5 Å². The molecule has 0 bridgehead atoms. The Morgan fingerprint density at radius 2 is 2.06 bits per heavy atom. The zero-order valence-corrected chi connectivity index (χ0v) is 10.2. The maximum absolute atomic E-state index is 11.3. The van der Waals surface area contributed by atoms with Crippen LogP contribution in [0.15, 0.2) is 10.7 Å². The molecule has 1 aliphatic heterocycles. The number of nitrogens with one attached hydrogen (secondary N) is 2. The number of imide groups is 1. The van der Waals surface area contributed by atoms with E-state index in [-0.39, 0.29) is 30.9 Å². The second kappa shape index (κ2) is 4.63. The first kappa shape index (κ1) is 11.7. The summed E-state index contributed by atoms with van der Waals surface area (Å²) in [4.78, 5) is 32.0. The molecule has 1 fully saturated rings. The maximum Gasteiger partial charge on any atom is 0.246 e. The van der Waals surface area contributed by atoms with E-state index in [1.165, 1.54) is 11.1 Å². The van der Waals surface area contributed by atoms with E-state index in [9.17, 15) is 9.59 Å². The highest BCUT2D eigenvalue weighted by Crippen LogP contribution is 2.24. The van der Waals surface area contributed by atoms with Gasteiger partial charge in [-0.3, -0.25) is 20.3 Å². The molecule has 4 N–H and O–H groups in total. The summed E-state index contributed by atoms with van der Waals surface area (Å²) in [5.41, 5.74) is 2.30. The number of rotatable bonds is 2. The molecule has 1 aliphatic rings. The molecule has 0 atom stereocenters. The van der Waals surface area contributed by atoms with Gasteiger partial charge >= 0.3 is 0 Å². The van der Waals surface area contributed by atoms with E-state index in [2.05, 4.69) is 36.6 Å². The molecular weight excluding hydrogens is 292 g/mol. The Labute approximate surface area is 105 Å². The number of nitrogen functional groups attached to an aromatic ring is 1. The molecule has 0 spiro atoms. The van der Waals surface area contributed by atoms with Gasteiger partial charge in [0.15, 0.2) is 0 Å². The largest absolute Gasteiger partial charge is 0.337 e. The molecular formula is C8H9BrN6O2. The third kappa shape index (κ3) is 2.50. The highest BCUT2D eigenvalue weighted by Gasteiger charge is 2.25. The number of halogens is 1. The first-order valence-electron chi connectivity index (χ1n) is 4.67. The predicted molar refractivity (Wildman–Crippen MR) is 62.9 cm³/mol. The van der Waals surface area contributed by atoms with Crippen molar-refractivity contribution in [2.45, 2.75) is 0 Å². The highest BCUT2D eigenvalue weighted by atomic mass is 79.9. The second-order valence-electron chi connectivity index (χ2n) is 3.34. The van der Waals surface area contributed by atoms with E-state index < -0.39 is 0 Å². The number of amides is 2. The Kier molecular flexibility index (Phi) is 3.20. The van der Waals surface area contributed by atoms with Crippen LogP contribution >= 0.6 is 15.9 Å². The standard InChI is InChI=1S/C8H9BrN6O2/c9-4-1-11-8(14-10)13-7(4)15-2-5(16)12-6(17)3-15/h1H,2-3,10H2,(H,11,13,14)(H,12,16,17). The van der Waals surface area contributed by atoms with Gasteiger partial charge in [0.25, 0.3) is 0 Å². The molecule has 1 saturated heterocycles. The van der Waals surface area contributed by atoms with Gasteiger partial charge < -0.3 is 4.90 Å². The lowest BCUT2D eigenvalue weighted by Crippen LogP contribution is -2.51. The van der Waals surface area contributed by atoms with E-state index in [0.29, 0.717) is 10.3 Å². The molecule has 0 saturated carbocycles. The maximum atomic E-state index is 11.3. The van der Waals surface area contributed by atoms with Crippen molar-refractivity contribution in [3.05, 3.63) is 10.7 Å². The normalized spacial score (nSPS) is 15.8. The number of hydrogen-bond donors (Lipinski definition) is 3. The summed E-state index contributed by atoms with van der Waals surface area (Å²) in [5, 5.41) is 2.21. The minimum atomic E-state index is -0.367. The molecule has 0 aromatic carbocycles. The van der Waals surface area contributed by atoms with Crippen LogP contribution in [0.5, 0.6) is 0 Å². The minimum absolute atomic E-state index is 0.0609. The van der Waals surface area contributed by atoms with E-state index in [1.807, 2.05) is 0 Å². The number of anilines is 2. The number of hydrogen-bond acceptors (Lipinski definition) is 7. The molecule has 1 aromatic rings. The molecule has 0 aliphatic carbocycles. The highest BCUT2D eigenvalue weighted by molar-refractivity contribution is 9.10. The number of carbonyl (C=O) groups is 2. The fourth-order valence-electron chi connectivity index (χ4n) is 1.44. The molecule has 8 nitrogen and oxygen atoms in total. The fourth-order valence-corrected chi connectivity index (χ4v) is 1.88. The van der Waals surface area contributed by atoms with Crippen molar-refractivity contribution >= 4 is 39.5 Å². The lowest BCUT2D eigenvalue weighted by Gasteiger charge is -2.27. The summed E-state index contributed by atoms with van der Waals surface area (Å²) < 4.78 is 0.582. The van der Waals surface area contributed by atoms with Gasteiger partial charge in [0.2, 0.25) is 17.8 Å². The first-order valence-corrected chi connectivity index (χ1v) is 5.46. The second-order valence-corrected chi connectivity index (χ2v) is 4.19. The van der Waals surface area contributed by atoms with Gasteiger partial charge in [0, 0.05) is 6.20 Å². The van der Waals surface area contributed by atoms with Crippen LogP contribution in [-0.4, -0.2) is 34.9 Å². The van der Waals surface area contributed by atoms with Crippen LogP contribution in [-0.2, 0) is 9.59 Å². The third-order valence-electron chi connectivity index (χ3n) is 2.10. The van der Waals surface area contributed by atoms with Crippen LogP contribution in [0.3, 0.4) is 0 Å².